The molecular formula is C24H31N5O3. The fourth-order valence-electron chi connectivity index (χ4n) is 4.53. The van der Waals surface area contributed by atoms with Crippen LogP contribution in [0.25, 0.3) is 10.9 Å². The summed E-state index contributed by atoms with van der Waals surface area (Å²) >= 11 is 0. The van der Waals surface area contributed by atoms with Crippen LogP contribution in [0.3, 0.4) is 0 Å². The Morgan fingerprint density at radius 2 is 1.94 bits per heavy atom. The molecule has 0 saturated carbocycles. The van der Waals surface area contributed by atoms with Crippen molar-refractivity contribution in [2.24, 2.45) is 5.92 Å². The lowest BCUT2D eigenvalue weighted by Crippen LogP contribution is -2.38. The van der Waals surface area contributed by atoms with E-state index in [0.717, 1.165) is 43.1 Å². The highest BCUT2D eigenvalue weighted by Crippen LogP contribution is 2.21. The summed E-state index contributed by atoms with van der Waals surface area (Å²) in [7, 11) is 0. The number of nitrogens with zero attached hydrogens (tertiary/aromatic N) is 4. The van der Waals surface area contributed by atoms with Gasteiger partial charge in [-0.15, -0.1) is 0 Å². The van der Waals surface area contributed by atoms with Crippen LogP contribution < -0.4 is 10.9 Å². The molecule has 0 spiro atoms. The van der Waals surface area contributed by atoms with Gasteiger partial charge in [0, 0.05) is 6.54 Å². The topological polar surface area (TPSA) is 93.3 Å². The molecule has 1 N–H and O–H groups in total. The van der Waals surface area contributed by atoms with Gasteiger partial charge in [-0.2, -0.15) is 5.10 Å². The first-order valence-corrected chi connectivity index (χ1v) is 11.4. The highest BCUT2D eigenvalue weighted by Gasteiger charge is 2.19. The Morgan fingerprint density at radius 1 is 1.19 bits per heavy atom. The first kappa shape index (κ1) is 22.2. The Bertz CT molecular complexity index is 1110. The molecule has 8 nitrogen and oxygen atoms in total. The predicted octanol–water partition coefficient (Wildman–Crippen LogP) is 2.46. The molecule has 0 atom stereocenters. The lowest BCUT2D eigenvalue weighted by Gasteiger charge is -2.32. The van der Waals surface area contributed by atoms with E-state index in [-0.39, 0.29) is 18.0 Å². The first-order chi connectivity index (χ1) is 15.5. The van der Waals surface area contributed by atoms with Crippen molar-refractivity contribution in [2.75, 3.05) is 26.2 Å². The monoisotopic (exact) mass is 437 g/mol. The molecule has 2 aromatic heterocycles. The van der Waals surface area contributed by atoms with Crippen LogP contribution in [-0.4, -0.2) is 51.9 Å². The molecule has 1 aromatic carbocycles. The fraction of sp³-hybridized carbons (Fsp3) is 0.500. The Morgan fingerprint density at radius 3 is 2.69 bits per heavy atom. The van der Waals surface area contributed by atoms with Crippen LogP contribution in [-0.2, 0) is 17.8 Å². The number of nitrogens with one attached hydrogen (secondary N) is 1. The zero-order chi connectivity index (χ0) is 22.5. The minimum atomic E-state index is -0.407. The molecule has 4 rings (SSSR count). The maximum Gasteiger partial charge on any atom is 0.297 e. The third kappa shape index (κ3) is 5.24. The van der Waals surface area contributed by atoms with Crippen LogP contribution in [0.2, 0.25) is 0 Å². The molecule has 3 heterocycles. The van der Waals surface area contributed by atoms with E-state index in [0.29, 0.717) is 23.4 Å². The maximum absolute atomic E-state index is 12.5. The molecule has 32 heavy (non-hydrogen) atoms. The Balaban J connectivity index is 1.17. The highest BCUT2D eigenvalue weighted by atomic mass is 16.5. The maximum atomic E-state index is 12.5. The molecule has 1 amide bonds. The molecule has 1 aliphatic heterocycles. The number of piperidine rings is 1. The van der Waals surface area contributed by atoms with E-state index in [1.807, 2.05) is 0 Å². The largest absolute Gasteiger partial charge is 0.360 e. The van der Waals surface area contributed by atoms with Crippen LogP contribution in [0.4, 0.5) is 0 Å². The summed E-state index contributed by atoms with van der Waals surface area (Å²) in [4.78, 5) is 27.3. The second-order valence-electron chi connectivity index (χ2n) is 8.69. The molecule has 170 valence electrons. The third-order valence-corrected chi connectivity index (χ3v) is 6.27. The highest BCUT2D eigenvalue weighted by molar-refractivity contribution is 5.82. The molecule has 1 fully saturated rings. The van der Waals surface area contributed by atoms with Crippen molar-refractivity contribution in [1.29, 1.82) is 0 Å². The fourth-order valence-corrected chi connectivity index (χ4v) is 4.53. The van der Waals surface area contributed by atoms with Crippen molar-refractivity contribution in [1.82, 2.24) is 25.2 Å². The molecular weight excluding hydrogens is 406 g/mol. The van der Waals surface area contributed by atoms with Gasteiger partial charge >= 0.3 is 0 Å². The molecule has 1 saturated heterocycles. The summed E-state index contributed by atoms with van der Waals surface area (Å²) in [5.41, 5.74) is 1.87. The molecule has 1 aliphatic rings. The van der Waals surface area contributed by atoms with Gasteiger partial charge in [-0.1, -0.05) is 35.5 Å². The zero-order valence-corrected chi connectivity index (χ0v) is 18.8. The molecule has 3 aromatic rings. The lowest BCUT2D eigenvalue weighted by molar-refractivity contribution is -0.121. The second-order valence-corrected chi connectivity index (χ2v) is 8.69. The normalized spacial score (nSPS) is 15.3. The zero-order valence-electron chi connectivity index (χ0n) is 18.8. The minimum absolute atomic E-state index is 0.119. The Kier molecular flexibility index (Phi) is 6.99. The number of benzene rings is 1. The van der Waals surface area contributed by atoms with Crippen LogP contribution >= 0.6 is 0 Å². The summed E-state index contributed by atoms with van der Waals surface area (Å²) in [6.45, 7) is 7.19. The Labute approximate surface area is 187 Å². The van der Waals surface area contributed by atoms with Crippen LogP contribution in [0, 0.1) is 19.8 Å². The number of carbonyl (C=O) groups is 1. The average molecular weight is 438 g/mol. The summed E-state index contributed by atoms with van der Waals surface area (Å²) in [6.07, 6.45) is 4.49. The number of fused-ring (bicyclic) bond motifs is 1. The van der Waals surface area contributed by atoms with Crippen molar-refractivity contribution in [2.45, 2.75) is 46.1 Å². The average Bonchev–Trinajstić information content (AvgIpc) is 3.19. The smallest absolute Gasteiger partial charge is 0.297 e. The molecule has 0 radical (unpaired) electrons. The van der Waals surface area contributed by atoms with Gasteiger partial charge in [-0.05, 0) is 70.6 Å². The lowest BCUT2D eigenvalue weighted by atomic mass is 9.90. The van der Waals surface area contributed by atoms with Gasteiger partial charge in [-0.3, -0.25) is 9.59 Å². The summed E-state index contributed by atoms with van der Waals surface area (Å²) < 4.78 is 6.26. The van der Waals surface area contributed by atoms with Crippen molar-refractivity contribution in [3.05, 3.63) is 57.7 Å². The van der Waals surface area contributed by atoms with Crippen LogP contribution in [0.1, 0.15) is 36.3 Å². The van der Waals surface area contributed by atoms with Gasteiger partial charge in [0.25, 0.3) is 5.56 Å². The number of aryl methyl sites for hydroxylation is 2. The van der Waals surface area contributed by atoms with Gasteiger partial charge < -0.3 is 14.7 Å². The van der Waals surface area contributed by atoms with Gasteiger partial charge in [0.2, 0.25) is 5.91 Å². The number of aromatic nitrogens is 3. The van der Waals surface area contributed by atoms with Gasteiger partial charge in [0.05, 0.1) is 11.1 Å². The second kappa shape index (κ2) is 10.1. The van der Waals surface area contributed by atoms with Gasteiger partial charge in [-0.25, -0.2) is 4.68 Å². The number of hydrogen-bond acceptors (Lipinski definition) is 6. The van der Waals surface area contributed by atoms with Crippen molar-refractivity contribution in [3.63, 3.8) is 0 Å². The number of carbonyl (C=O) groups excluding carboxylic acids is 1. The summed E-state index contributed by atoms with van der Waals surface area (Å²) in [6, 6.07) is 10.7. The predicted molar refractivity (Wildman–Crippen MR) is 122 cm³/mol. The standard InChI is InChI=1S/C24H31N5O3/c1-17-22-18(2)32-27-23(22)24(31)29(26-17)16-21(30)25-11-6-12-28-13-9-20(10-14-28)15-19-7-4-3-5-8-19/h3-5,7-8,20H,6,9-16H2,1-2H3,(H,25,30). The van der Waals surface area contributed by atoms with Gasteiger partial charge in [0.1, 0.15) is 12.3 Å². The van der Waals surface area contributed by atoms with Crippen LogP contribution in [0.15, 0.2) is 39.6 Å². The third-order valence-electron chi connectivity index (χ3n) is 6.27. The van der Waals surface area contributed by atoms with E-state index in [9.17, 15) is 9.59 Å². The Hall–Kier alpha value is -3.00. The van der Waals surface area contributed by atoms with Crippen molar-refractivity contribution < 1.29 is 9.32 Å². The summed E-state index contributed by atoms with van der Waals surface area (Å²) in [5, 5.41) is 11.6. The molecule has 0 bridgehead atoms. The minimum Gasteiger partial charge on any atom is -0.360 e. The number of likely N-dealkylation sites (tertiary alicyclic amines) is 1. The summed E-state index contributed by atoms with van der Waals surface area (Å²) in [5.74, 6) is 1.09. The van der Waals surface area contributed by atoms with E-state index in [4.69, 9.17) is 4.52 Å². The van der Waals surface area contributed by atoms with E-state index in [2.05, 4.69) is 50.8 Å². The van der Waals surface area contributed by atoms with E-state index < -0.39 is 5.56 Å². The molecule has 0 aliphatic carbocycles. The van der Waals surface area contributed by atoms with Crippen molar-refractivity contribution in [3.8, 4) is 0 Å². The van der Waals surface area contributed by atoms with Gasteiger partial charge in [0.15, 0.2) is 5.52 Å². The molecule has 0 unspecified atom stereocenters. The number of amides is 1. The quantitative estimate of drug-likeness (QED) is 0.544. The van der Waals surface area contributed by atoms with Crippen molar-refractivity contribution >= 4 is 16.8 Å². The SMILES string of the molecule is Cc1nn(CC(=O)NCCCN2CCC(Cc3ccccc3)CC2)c(=O)c2noc(C)c12. The van der Waals surface area contributed by atoms with Crippen LogP contribution in [0.5, 0.6) is 0 Å². The van der Waals surface area contributed by atoms with E-state index in [1.165, 1.54) is 18.4 Å². The number of hydrogen-bond donors (Lipinski definition) is 1. The first-order valence-electron chi connectivity index (χ1n) is 11.4. The molecule has 8 heteroatoms. The van der Waals surface area contributed by atoms with E-state index >= 15 is 0 Å². The number of rotatable bonds is 8. The van der Waals surface area contributed by atoms with E-state index in [1.54, 1.807) is 13.8 Å².